The molecule has 47 heavy (non-hydrogen) atoms. The van der Waals surface area contributed by atoms with E-state index in [-0.39, 0.29) is 60.4 Å². The van der Waals surface area contributed by atoms with Crippen molar-refractivity contribution in [1.82, 2.24) is 15.1 Å². The van der Waals surface area contributed by atoms with Gasteiger partial charge in [0.1, 0.15) is 6.04 Å². The van der Waals surface area contributed by atoms with Crippen LogP contribution < -0.4 is 5.32 Å². The van der Waals surface area contributed by atoms with E-state index in [0.29, 0.717) is 19.4 Å². The van der Waals surface area contributed by atoms with Crippen molar-refractivity contribution in [2.24, 2.45) is 29.6 Å². The van der Waals surface area contributed by atoms with Crippen LogP contribution in [-0.4, -0.2) is 96.7 Å². The van der Waals surface area contributed by atoms with Crippen molar-refractivity contribution in [2.45, 2.75) is 131 Å². The Morgan fingerprint density at radius 1 is 1.04 bits per heavy atom. The SMILES string of the molecule is CCC(C)[C@@H](C(CC(=O)N1CCCC1C(OC)C(C)C(=O)N[C@@H](CC1=CC(C)C(C)=C(C)C1C)C(=O)O)OC)N(C)C(=O)CC(C)C. The Bertz CT molecular complexity index is 1160. The van der Waals surface area contributed by atoms with Crippen molar-refractivity contribution in [3.8, 4) is 0 Å². The van der Waals surface area contributed by atoms with Gasteiger partial charge >= 0.3 is 5.97 Å². The summed E-state index contributed by atoms with van der Waals surface area (Å²) >= 11 is 0. The van der Waals surface area contributed by atoms with Crippen molar-refractivity contribution in [3.63, 3.8) is 0 Å². The molecule has 1 saturated heterocycles. The fraction of sp³-hybridized carbons (Fsp3) is 0.784. The fourth-order valence-corrected chi connectivity index (χ4v) is 7.37. The highest BCUT2D eigenvalue weighted by Crippen LogP contribution is 2.35. The zero-order chi connectivity index (χ0) is 35.7. The second-order valence-electron chi connectivity index (χ2n) is 14.5. The molecule has 0 saturated carbocycles. The van der Waals surface area contributed by atoms with Gasteiger partial charge in [0.05, 0.1) is 36.6 Å². The van der Waals surface area contributed by atoms with Crippen LogP contribution in [0.1, 0.15) is 101 Å². The maximum Gasteiger partial charge on any atom is 0.326 e. The standard InChI is InChI=1S/C37H63N3O7/c1-13-22(4)34(39(10)32(41)17-21(2)3)31(46-11)20-33(42)40-16-14-15-30(40)35(47-12)27(9)36(43)38-29(37(44)45)19-28-18-23(5)24(6)25(7)26(28)8/h18,21-23,26-27,29-31,34-35H,13-17,19-20H2,1-12H3,(H,38,43)(H,44,45)/t22?,23?,26?,27?,29-,30?,31?,34-,35?/m0/s1. The fourth-order valence-electron chi connectivity index (χ4n) is 7.37. The van der Waals surface area contributed by atoms with Gasteiger partial charge in [-0.05, 0) is 56.8 Å². The van der Waals surface area contributed by atoms with Gasteiger partial charge in [0.25, 0.3) is 0 Å². The van der Waals surface area contributed by atoms with Crippen LogP contribution in [0.2, 0.25) is 0 Å². The highest BCUT2D eigenvalue weighted by molar-refractivity contribution is 5.85. The summed E-state index contributed by atoms with van der Waals surface area (Å²) in [6.45, 7) is 18.8. The van der Waals surface area contributed by atoms with E-state index in [1.165, 1.54) is 18.3 Å². The Hall–Kier alpha value is -2.72. The molecule has 1 fully saturated rings. The first-order valence-electron chi connectivity index (χ1n) is 17.5. The highest BCUT2D eigenvalue weighted by atomic mass is 16.5. The minimum atomic E-state index is -1.08. The van der Waals surface area contributed by atoms with E-state index < -0.39 is 36.0 Å². The molecule has 1 heterocycles. The number of carboxylic acids is 1. The second-order valence-corrected chi connectivity index (χ2v) is 14.5. The first-order valence-corrected chi connectivity index (χ1v) is 17.5. The number of hydrogen-bond acceptors (Lipinski definition) is 6. The summed E-state index contributed by atoms with van der Waals surface area (Å²) in [6.07, 6.45) is 3.98. The molecule has 268 valence electrons. The number of nitrogens with one attached hydrogen (secondary N) is 1. The second kappa shape index (κ2) is 18.2. The van der Waals surface area contributed by atoms with Gasteiger partial charge in [0.2, 0.25) is 17.7 Å². The molecule has 9 atom stereocenters. The zero-order valence-electron chi connectivity index (χ0n) is 31.1. The van der Waals surface area contributed by atoms with Gasteiger partial charge in [0, 0.05) is 34.2 Å². The van der Waals surface area contributed by atoms with Crippen LogP contribution in [0.5, 0.6) is 0 Å². The average Bonchev–Trinajstić information content (AvgIpc) is 3.50. The molecular weight excluding hydrogens is 598 g/mol. The minimum absolute atomic E-state index is 0.0308. The monoisotopic (exact) mass is 661 g/mol. The molecule has 1 aliphatic heterocycles. The number of allylic oxidation sites excluding steroid dienone is 3. The lowest BCUT2D eigenvalue weighted by atomic mass is 9.77. The lowest BCUT2D eigenvalue weighted by Gasteiger charge is -2.39. The van der Waals surface area contributed by atoms with E-state index in [9.17, 15) is 24.3 Å². The van der Waals surface area contributed by atoms with E-state index in [4.69, 9.17) is 9.47 Å². The summed E-state index contributed by atoms with van der Waals surface area (Å²) in [5, 5.41) is 12.9. The summed E-state index contributed by atoms with van der Waals surface area (Å²) in [4.78, 5) is 56.4. The molecule has 10 nitrogen and oxygen atoms in total. The van der Waals surface area contributed by atoms with E-state index in [2.05, 4.69) is 52.9 Å². The zero-order valence-corrected chi connectivity index (χ0v) is 31.1. The third kappa shape index (κ3) is 10.1. The number of aliphatic carboxylic acids is 1. The van der Waals surface area contributed by atoms with Gasteiger partial charge in [-0.1, -0.05) is 77.7 Å². The molecule has 0 aromatic rings. The number of likely N-dealkylation sites (tertiary alicyclic amines) is 1. The Morgan fingerprint density at radius 2 is 1.68 bits per heavy atom. The average molecular weight is 662 g/mol. The van der Waals surface area contributed by atoms with E-state index in [1.807, 2.05) is 13.8 Å². The summed E-state index contributed by atoms with van der Waals surface area (Å²) in [5.41, 5.74) is 3.55. The number of likely N-dealkylation sites (N-methyl/N-ethyl adjacent to an activating group) is 1. The van der Waals surface area contributed by atoms with Gasteiger partial charge < -0.3 is 29.7 Å². The first-order chi connectivity index (χ1) is 22.0. The van der Waals surface area contributed by atoms with E-state index >= 15 is 0 Å². The Labute approximate surface area is 283 Å². The molecule has 2 N–H and O–H groups in total. The van der Waals surface area contributed by atoms with Crippen molar-refractivity contribution >= 4 is 23.7 Å². The Balaban J connectivity index is 2.20. The third-order valence-electron chi connectivity index (χ3n) is 10.9. The van der Waals surface area contributed by atoms with E-state index in [1.54, 1.807) is 30.9 Å². The molecule has 1 aliphatic carbocycles. The maximum atomic E-state index is 13.9. The van der Waals surface area contributed by atoms with Crippen LogP contribution in [0.3, 0.4) is 0 Å². The lowest BCUT2D eigenvalue weighted by molar-refractivity contribution is -0.147. The normalized spacial score (nSPS) is 23.9. The minimum Gasteiger partial charge on any atom is -0.480 e. The van der Waals surface area contributed by atoms with Gasteiger partial charge in [-0.25, -0.2) is 4.79 Å². The van der Waals surface area contributed by atoms with Crippen LogP contribution in [-0.2, 0) is 28.7 Å². The summed E-state index contributed by atoms with van der Waals surface area (Å²) in [5.74, 6) is -1.63. The van der Waals surface area contributed by atoms with Crippen LogP contribution in [0.25, 0.3) is 0 Å². The number of carboxylic acid groups (broad SMARTS) is 1. The molecule has 3 amide bonds. The van der Waals surface area contributed by atoms with Crippen molar-refractivity contribution in [2.75, 3.05) is 27.8 Å². The van der Waals surface area contributed by atoms with Gasteiger partial charge in [-0.2, -0.15) is 0 Å². The van der Waals surface area contributed by atoms with Crippen LogP contribution in [0.4, 0.5) is 0 Å². The first kappa shape index (κ1) is 40.5. The number of hydrogen-bond donors (Lipinski definition) is 2. The van der Waals surface area contributed by atoms with Gasteiger partial charge in [0.15, 0.2) is 0 Å². The molecular formula is C37H63N3O7. The predicted molar refractivity (Wildman–Crippen MR) is 185 cm³/mol. The Morgan fingerprint density at radius 3 is 2.21 bits per heavy atom. The van der Waals surface area contributed by atoms with Gasteiger partial charge in [-0.3, -0.25) is 14.4 Å². The topological polar surface area (TPSA) is 125 Å². The summed E-state index contributed by atoms with van der Waals surface area (Å²) < 4.78 is 11.8. The largest absolute Gasteiger partial charge is 0.480 e. The molecule has 2 rings (SSSR count). The van der Waals surface area contributed by atoms with Crippen LogP contribution in [0.15, 0.2) is 22.8 Å². The van der Waals surface area contributed by atoms with Crippen LogP contribution in [0, 0.1) is 29.6 Å². The number of nitrogens with zero attached hydrogens (tertiary/aromatic N) is 2. The summed E-state index contributed by atoms with van der Waals surface area (Å²) in [6, 6.07) is -1.70. The van der Waals surface area contributed by atoms with Crippen molar-refractivity contribution in [1.29, 1.82) is 0 Å². The molecule has 0 radical (unpaired) electrons. The maximum absolute atomic E-state index is 13.9. The van der Waals surface area contributed by atoms with Crippen molar-refractivity contribution < 1.29 is 33.8 Å². The number of ether oxygens (including phenoxy) is 2. The number of amides is 3. The number of methoxy groups -OCH3 is 2. The molecule has 0 aromatic carbocycles. The lowest BCUT2D eigenvalue weighted by Crippen LogP contribution is -2.54. The number of carbonyl (C=O) groups is 4. The van der Waals surface area contributed by atoms with E-state index in [0.717, 1.165) is 18.4 Å². The quantitative estimate of drug-likeness (QED) is 0.198. The van der Waals surface area contributed by atoms with Gasteiger partial charge in [-0.15, -0.1) is 0 Å². The molecule has 0 aromatic heterocycles. The Kier molecular flexibility index (Phi) is 15.6. The molecule has 7 unspecified atom stereocenters. The predicted octanol–water partition coefficient (Wildman–Crippen LogP) is 5.46. The number of carbonyl (C=O) groups excluding carboxylic acids is 3. The molecule has 0 spiro atoms. The number of rotatable bonds is 17. The third-order valence-corrected chi connectivity index (χ3v) is 10.9. The van der Waals surface area contributed by atoms with Crippen molar-refractivity contribution in [3.05, 3.63) is 22.8 Å². The summed E-state index contributed by atoms with van der Waals surface area (Å²) in [7, 11) is 4.92. The highest BCUT2D eigenvalue weighted by Gasteiger charge is 2.42. The molecule has 10 heteroatoms. The molecule has 0 bridgehead atoms. The molecule has 2 aliphatic rings. The smallest absolute Gasteiger partial charge is 0.326 e. The van der Waals surface area contributed by atoms with Crippen LogP contribution >= 0.6 is 0 Å².